The summed E-state index contributed by atoms with van der Waals surface area (Å²) in [5, 5.41) is 11.3. The number of imidazole rings is 1. The van der Waals surface area contributed by atoms with Gasteiger partial charge in [-0.25, -0.2) is 27.7 Å². The number of H-pyrrole nitrogens is 1. The molecule has 0 aliphatic heterocycles. The van der Waals surface area contributed by atoms with Crippen LogP contribution in [0.2, 0.25) is 0 Å². The Kier molecular flexibility index (Phi) is 4.36. The number of hydrogen-bond acceptors (Lipinski definition) is 5. The van der Waals surface area contributed by atoms with E-state index in [0.29, 0.717) is 5.69 Å². The van der Waals surface area contributed by atoms with E-state index in [0.717, 1.165) is 17.8 Å². The zero-order valence-electron chi connectivity index (χ0n) is 12.2. The molecule has 0 unspecified atom stereocenters. The van der Waals surface area contributed by atoms with Gasteiger partial charge < -0.3 is 10.1 Å². The Bertz CT molecular complexity index is 853. The van der Waals surface area contributed by atoms with Crippen molar-refractivity contribution >= 4 is 28.0 Å². The van der Waals surface area contributed by atoms with Crippen LogP contribution in [0.4, 0.5) is 10.7 Å². The second kappa shape index (κ2) is 6.08. The molecule has 0 bridgehead atoms. The second-order valence-electron chi connectivity index (χ2n) is 4.66. The van der Waals surface area contributed by atoms with E-state index in [2.05, 4.69) is 15.3 Å². The zero-order valence-corrected chi connectivity index (χ0v) is 13.1. The molecule has 0 aliphatic rings. The first-order valence-corrected chi connectivity index (χ1v) is 7.88. The lowest BCUT2D eigenvalue weighted by molar-refractivity contribution is 0.0692. The maximum Gasteiger partial charge on any atom is 0.337 e. The van der Waals surface area contributed by atoms with Gasteiger partial charge in [0.2, 0.25) is 5.95 Å². The van der Waals surface area contributed by atoms with Crippen molar-refractivity contribution in [3.05, 3.63) is 41.2 Å². The van der Waals surface area contributed by atoms with Crippen LogP contribution in [0.1, 0.15) is 21.7 Å². The lowest BCUT2D eigenvalue weighted by Gasteiger charge is -2.09. The molecule has 2 amide bonds. The summed E-state index contributed by atoms with van der Waals surface area (Å²) in [5.74, 6) is -1.33. The smallest absolute Gasteiger partial charge is 0.337 e. The largest absolute Gasteiger partial charge is 0.478 e. The molecule has 0 saturated carbocycles. The number of hydrogen-bond donors (Lipinski definition) is 4. The van der Waals surface area contributed by atoms with Gasteiger partial charge in [-0.1, -0.05) is 12.1 Å². The maximum absolute atomic E-state index is 12.2. The molecule has 0 spiro atoms. The van der Waals surface area contributed by atoms with Gasteiger partial charge in [0.1, 0.15) is 4.90 Å². The maximum atomic E-state index is 12.2. The molecule has 0 fully saturated rings. The van der Waals surface area contributed by atoms with E-state index in [1.54, 1.807) is 18.6 Å². The van der Waals surface area contributed by atoms with Gasteiger partial charge in [-0.15, -0.1) is 0 Å². The predicted molar refractivity (Wildman–Crippen MR) is 80.8 cm³/mol. The molecule has 4 N–H and O–H groups in total. The van der Waals surface area contributed by atoms with E-state index in [-0.39, 0.29) is 5.95 Å². The first kappa shape index (κ1) is 16.5. The number of nitrogens with one attached hydrogen (secondary N) is 3. The van der Waals surface area contributed by atoms with Crippen LogP contribution in [-0.4, -0.2) is 35.5 Å². The lowest BCUT2D eigenvalue weighted by atomic mass is 10.2. The molecule has 2 rings (SSSR count). The fourth-order valence-corrected chi connectivity index (χ4v) is 2.90. The minimum absolute atomic E-state index is 0.0826. The summed E-state index contributed by atoms with van der Waals surface area (Å²) in [6, 6.07) is 3.92. The number of urea groups is 1. The molecular formula is C13H14N4O5S. The Hall–Kier alpha value is -2.88. The quantitative estimate of drug-likeness (QED) is 0.661. The van der Waals surface area contributed by atoms with Crippen molar-refractivity contribution < 1.29 is 23.1 Å². The third-order valence-electron chi connectivity index (χ3n) is 2.99. The number of carboxylic acids is 1. The molecule has 1 aromatic heterocycles. The third-order valence-corrected chi connectivity index (χ3v) is 4.38. The summed E-state index contributed by atoms with van der Waals surface area (Å²) in [4.78, 5) is 29.1. The van der Waals surface area contributed by atoms with Crippen molar-refractivity contribution in [1.29, 1.82) is 0 Å². The molecule has 9 nitrogen and oxygen atoms in total. The van der Waals surface area contributed by atoms with Gasteiger partial charge in [0.25, 0.3) is 10.0 Å². The van der Waals surface area contributed by atoms with Crippen LogP contribution in [0, 0.1) is 13.8 Å². The molecule has 122 valence electrons. The molecule has 0 aliphatic carbocycles. The average Bonchev–Trinajstić information content (AvgIpc) is 2.76. The van der Waals surface area contributed by atoms with Gasteiger partial charge in [-0.2, -0.15) is 0 Å². The molecule has 0 atom stereocenters. The SMILES string of the molecule is Cc1nc(NC(=O)NS(=O)(=O)c2ccccc2C(=O)O)[nH]c1C. The monoisotopic (exact) mass is 338 g/mol. The van der Waals surface area contributed by atoms with Gasteiger partial charge in [0.15, 0.2) is 0 Å². The molecule has 1 aromatic carbocycles. The van der Waals surface area contributed by atoms with Gasteiger partial charge in [0.05, 0.1) is 11.3 Å². The first-order valence-electron chi connectivity index (χ1n) is 6.40. The molecule has 0 radical (unpaired) electrons. The molecular weight excluding hydrogens is 324 g/mol. The van der Waals surface area contributed by atoms with Crippen molar-refractivity contribution in [3.63, 3.8) is 0 Å². The molecule has 23 heavy (non-hydrogen) atoms. The van der Waals surface area contributed by atoms with Crippen LogP contribution < -0.4 is 10.0 Å². The van der Waals surface area contributed by atoms with E-state index < -0.39 is 32.5 Å². The second-order valence-corrected chi connectivity index (χ2v) is 6.31. The molecule has 10 heteroatoms. The first-order chi connectivity index (χ1) is 10.7. The number of aromatic carboxylic acids is 1. The van der Waals surface area contributed by atoms with Crippen LogP contribution in [0.5, 0.6) is 0 Å². The highest BCUT2D eigenvalue weighted by Crippen LogP contribution is 2.15. The number of carbonyl (C=O) groups excluding carboxylic acids is 1. The lowest BCUT2D eigenvalue weighted by Crippen LogP contribution is -2.35. The number of amides is 2. The van der Waals surface area contributed by atoms with Crippen LogP contribution in [-0.2, 0) is 10.0 Å². The van der Waals surface area contributed by atoms with Gasteiger partial charge in [-0.3, -0.25) is 5.32 Å². The number of anilines is 1. The van der Waals surface area contributed by atoms with Crippen molar-refractivity contribution in [3.8, 4) is 0 Å². The number of carboxylic acid groups (broad SMARTS) is 1. The van der Waals surface area contributed by atoms with Crippen LogP contribution in [0.25, 0.3) is 0 Å². The van der Waals surface area contributed by atoms with Crippen molar-refractivity contribution in [2.24, 2.45) is 0 Å². The van der Waals surface area contributed by atoms with Crippen molar-refractivity contribution in [2.45, 2.75) is 18.7 Å². The highest BCUT2D eigenvalue weighted by atomic mass is 32.2. The summed E-state index contributed by atoms with van der Waals surface area (Å²) in [6.07, 6.45) is 0. The highest BCUT2D eigenvalue weighted by molar-refractivity contribution is 7.90. The number of nitrogens with zero attached hydrogens (tertiary/aromatic N) is 1. The van der Waals surface area contributed by atoms with Crippen molar-refractivity contribution in [1.82, 2.24) is 14.7 Å². The number of aryl methyl sites for hydroxylation is 2. The molecule has 1 heterocycles. The van der Waals surface area contributed by atoms with E-state index in [4.69, 9.17) is 5.11 Å². The van der Waals surface area contributed by atoms with E-state index in [9.17, 15) is 18.0 Å². The van der Waals surface area contributed by atoms with Crippen LogP contribution >= 0.6 is 0 Å². The van der Waals surface area contributed by atoms with Gasteiger partial charge in [-0.05, 0) is 26.0 Å². The highest BCUT2D eigenvalue weighted by Gasteiger charge is 2.24. The van der Waals surface area contributed by atoms with Gasteiger partial charge >= 0.3 is 12.0 Å². The van der Waals surface area contributed by atoms with E-state index >= 15 is 0 Å². The molecule has 0 saturated heterocycles. The van der Waals surface area contributed by atoms with Crippen LogP contribution in [0.3, 0.4) is 0 Å². The van der Waals surface area contributed by atoms with E-state index in [1.807, 2.05) is 0 Å². The number of rotatable bonds is 4. The predicted octanol–water partition coefficient (Wildman–Crippen LogP) is 1.24. The van der Waals surface area contributed by atoms with Gasteiger partial charge in [0, 0.05) is 5.69 Å². The normalized spacial score (nSPS) is 11.0. The summed E-state index contributed by atoms with van der Waals surface area (Å²) in [5.41, 5.74) is 0.941. The Labute approximate surface area is 131 Å². The Morgan fingerprint density at radius 3 is 2.43 bits per heavy atom. The Morgan fingerprint density at radius 1 is 1.22 bits per heavy atom. The fourth-order valence-electron chi connectivity index (χ4n) is 1.79. The minimum Gasteiger partial charge on any atom is -0.478 e. The summed E-state index contributed by atoms with van der Waals surface area (Å²) in [7, 11) is -4.34. The number of sulfonamides is 1. The van der Waals surface area contributed by atoms with E-state index in [1.165, 1.54) is 12.1 Å². The standard InChI is InChI=1S/C13H14N4O5S/c1-7-8(2)15-12(14-7)16-13(20)17-23(21,22)10-6-4-3-5-9(10)11(18)19/h3-6H,1-2H3,(H,18,19)(H3,14,15,16,17,20). The number of aromatic amines is 1. The Balaban J connectivity index is 2.21. The number of aromatic nitrogens is 2. The van der Waals surface area contributed by atoms with Crippen molar-refractivity contribution in [2.75, 3.05) is 5.32 Å². The van der Waals surface area contributed by atoms with Crippen LogP contribution in [0.15, 0.2) is 29.2 Å². The summed E-state index contributed by atoms with van der Waals surface area (Å²) >= 11 is 0. The summed E-state index contributed by atoms with van der Waals surface area (Å²) < 4.78 is 26.1. The number of carbonyl (C=O) groups is 2. The zero-order chi connectivity index (χ0) is 17.2. The topological polar surface area (TPSA) is 141 Å². The average molecular weight is 338 g/mol. The Morgan fingerprint density at radius 2 is 1.87 bits per heavy atom. The fraction of sp³-hybridized carbons (Fsp3) is 0.154. The third kappa shape index (κ3) is 3.66. The minimum atomic E-state index is -4.34. The molecule has 2 aromatic rings. The number of benzene rings is 1. The summed E-state index contributed by atoms with van der Waals surface area (Å²) in [6.45, 7) is 3.46.